The first-order valence-corrected chi connectivity index (χ1v) is 9.07. The van der Waals surface area contributed by atoms with E-state index in [1.165, 1.54) is 0 Å². The Kier molecular flexibility index (Phi) is 6.39. The van der Waals surface area contributed by atoms with E-state index in [-0.39, 0.29) is 5.91 Å². The average molecular weight is 364 g/mol. The molecule has 0 aliphatic rings. The molecule has 5 heteroatoms. The number of pyridine rings is 1. The summed E-state index contributed by atoms with van der Waals surface area (Å²) in [6.45, 7) is 4.01. The van der Waals surface area contributed by atoms with Gasteiger partial charge in [0.25, 0.3) is 5.91 Å². The van der Waals surface area contributed by atoms with Gasteiger partial charge in [0, 0.05) is 38.0 Å². The van der Waals surface area contributed by atoms with E-state index < -0.39 is 0 Å². The number of rotatable bonds is 8. The van der Waals surface area contributed by atoms with Gasteiger partial charge in [-0.05, 0) is 36.1 Å². The minimum atomic E-state index is -0.0759. The monoisotopic (exact) mass is 364 g/mol. The highest BCUT2D eigenvalue weighted by atomic mass is 16.5. The van der Waals surface area contributed by atoms with Crippen LogP contribution in [0.3, 0.4) is 0 Å². The zero-order valence-electron chi connectivity index (χ0n) is 15.7. The van der Waals surface area contributed by atoms with Crippen LogP contribution in [0, 0.1) is 0 Å². The van der Waals surface area contributed by atoms with Gasteiger partial charge in [-0.2, -0.15) is 0 Å². The van der Waals surface area contributed by atoms with Gasteiger partial charge >= 0.3 is 0 Å². The van der Waals surface area contributed by atoms with Crippen LogP contribution in [0.25, 0.3) is 10.8 Å². The fraction of sp³-hybridized carbons (Fsp3) is 0.273. The van der Waals surface area contributed by atoms with Gasteiger partial charge in [0.05, 0.1) is 12.2 Å². The van der Waals surface area contributed by atoms with Crippen molar-refractivity contribution < 1.29 is 14.3 Å². The lowest BCUT2D eigenvalue weighted by Gasteiger charge is -2.20. The number of amides is 1. The minimum absolute atomic E-state index is 0.0759. The van der Waals surface area contributed by atoms with Crippen LogP contribution in [-0.2, 0) is 11.3 Å². The second kappa shape index (κ2) is 9.14. The van der Waals surface area contributed by atoms with Crippen molar-refractivity contribution in [3.05, 3.63) is 72.1 Å². The molecule has 3 rings (SSSR count). The average Bonchev–Trinajstić information content (AvgIpc) is 2.71. The molecule has 0 atom stereocenters. The Morgan fingerprint density at radius 1 is 1.07 bits per heavy atom. The van der Waals surface area contributed by atoms with Gasteiger partial charge in [-0.25, -0.2) is 0 Å². The van der Waals surface area contributed by atoms with Crippen LogP contribution in [0.15, 0.2) is 60.9 Å². The number of fused-ring (bicyclic) bond motifs is 1. The summed E-state index contributed by atoms with van der Waals surface area (Å²) >= 11 is 0. The lowest BCUT2D eigenvalue weighted by Crippen LogP contribution is -2.27. The maximum Gasteiger partial charge on any atom is 0.257 e. The van der Waals surface area contributed by atoms with Crippen LogP contribution in [0.2, 0.25) is 0 Å². The lowest BCUT2D eigenvalue weighted by atomic mass is 10.1. The highest BCUT2D eigenvalue weighted by Crippen LogP contribution is 2.22. The SMILES string of the molecule is CCOCCOc1ccccc1C(=O)N(C)Cc1cccc2cnccc12. The Bertz CT molecular complexity index is 905. The third-order valence-corrected chi connectivity index (χ3v) is 4.33. The summed E-state index contributed by atoms with van der Waals surface area (Å²) in [6.07, 6.45) is 3.61. The highest BCUT2D eigenvalue weighted by molar-refractivity contribution is 5.97. The Balaban J connectivity index is 1.75. The maximum atomic E-state index is 13.0. The first kappa shape index (κ1) is 18.9. The molecule has 0 saturated heterocycles. The van der Waals surface area contributed by atoms with E-state index in [1.807, 2.05) is 55.6 Å². The van der Waals surface area contributed by atoms with Gasteiger partial charge in [0.2, 0.25) is 0 Å². The molecule has 0 aliphatic carbocycles. The molecule has 1 aromatic heterocycles. The molecule has 0 spiro atoms. The van der Waals surface area contributed by atoms with E-state index in [4.69, 9.17) is 9.47 Å². The zero-order chi connectivity index (χ0) is 19.1. The second-order valence-corrected chi connectivity index (χ2v) is 6.22. The smallest absolute Gasteiger partial charge is 0.257 e. The topological polar surface area (TPSA) is 51.7 Å². The molecular formula is C22H24N2O3. The standard InChI is InChI=1S/C22H24N2O3/c1-3-26-13-14-27-21-10-5-4-9-20(21)22(25)24(2)16-18-8-6-7-17-15-23-12-11-19(17)18/h4-12,15H,3,13-14,16H2,1-2H3. The lowest BCUT2D eigenvalue weighted by molar-refractivity contribution is 0.0774. The van der Waals surface area contributed by atoms with Crippen molar-refractivity contribution in [2.45, 2.75) is 13.5 Å². The van der Waals surface area contributed by atoms with Gasteiger partial charge in [-0.3, -0.25) is 9.78 Å². The van der Waals surface area contributed by atoms with Crippen molar-refractivity contribution in [2.75, 3.05) is 26.9 Å². The molecule has 0 N–H and O–H groups in total. The molecule has 3 aromatic rings. The van der Waals surface area contributed by atoms with Crippen molar-refractivity contribution in [3.8, 4) is 5.75 Å². The summed E-state index contributed by atoms with van der Waals surface area (Å²) in [7, 11) is 1.80. The molecule has 1 amide bonds. The van der Waals surface area contributed by atoms with Crippen LogP contribution in [0.1, 0.15) is 22.8 Å². The number of ether oxygens (including phenoxy) is 2. The summed E-state index contributed by atoms with van der Waals surface area (Å²) in [5.74, 6) is 0.504. The predicted molar refractivity (Wildman–Crippen MR) is 106 cm³/mol. The number of benzene rings is 2. The number of carbonyl (C=O) groups excluding carboxylic acids is 1. The van der Waals surface area contributed by atoms with Crippen LogP contribution >= 0.6 is 0 Å². The zero-order valence-corrected chi connectivity index (χ0v) is 15.7. The summed E-state index contributed by atoms with van der Waals surface area (Å²) in [5, 5.41) is 2.17. The van der Waals surface area contributed by atoms with Crippen LogP contribution < -0.4 is 4.74 Å². The van der Waals surface area contributed by atoms with Gasteiger partial charge in [0.1, 0.15) is 12.4 Å². The molecule has 1 heterocycles. The highest BCUT2D eigenvalue weighted by Gasteiger charge is 2.17. The number of carbonyl (C=O) groups is 1. The summed E-state index contributed by atoms with van der Waals surface area (Å²) in [4.78, 5) is 18.9. The minimum Gasteiger partial charge on any atom is -0.490 e. The molecule has 0 fully saturated rings. The Morgan fingerprint density at radius 2 is 1.93 bits per heavy atom. The number of para-hydroxylation sites is 1. The summed E-state index contributed by atoms with van der Waals surface area (Å²) in [5.41, 5.74) is 1.64. The van der Waals surface area contributed by atoms with E-state index >= 15 is 0 Å². The predicted octanol–water partition coefficient (Wildman–Crippen LogP) is 3.92. The summed E-state index contributed by atoms with van der Waals surface area (Å²) < 4.78 is 11.0. The number of hydrogen-bond acceptors (Lipinski definition) is 4. The Labute approximate surface area is 159 Å². The number of nitrogens with zero attached hydrogens (tertiary/aromatic N) is 2. The largest absolute Gasteiger partial charge is 0.490 e. The van der Waals surface area contributed by atoms with Crippen molar-refractivity contribution >= 4 is 16.7 Å². The third kappa shape index (κ3) is 4.63. The first-order valence-electron chi connectivity index (χ1n) is 9.07. The van der Waals surface area contributed by atoms with E-state index in [9.17, 15) is 4.79 Å². The number of aromatic nitrogens is 1. The first-order chi connectivity index (χ1) is 13.2. The molecular weight excluding hydrogens is 340 g/mol. The van der Waals surface area contributed by atoms with Crippen molar-refractivity contribution in [1.29, 1.82) is 0 Å². The normalized spacial score (nSPS) is 10.7. The van der Waals surface area contributed by atoms with E-state index in [2.05, 4.69) is 4.98 Å². The molecule has 0 bridgehead atoms. The molecule has 2 aromatic carbocycles. The van der Waals surface area contributed by atoms with Gasteiger partial charge < -0.3 is 14.4 Å². The molecule has 0 radical (unpaired) electrons. The molecule has 0 aliphatic heterocycles. The van der Waals surface area contributed by atoms with Gasteiger partial charge in [-0.15, -0.1) is 0 Å². The molecule has 5 nitrogen and oxygen atoms in total. The fourth-order valence-corrected chi connectivity index (χ4v) is 2.98. The van der Waals surface area contributed by atoms with E-state index in [0.29, 0.717) is 37.7 Å². The van der Waals surface area contributed by atoms with Crippen LogP contribution in [0.5, 0.6) is 5.75 Å². The van der Waals surface area contributed by atoms with E-state index in [1.54, 1.807) is 24.2 Å². The van der Waals surface area contributed by atoms with Gasteiger partial charge in [-0.1, -0.05) is 30.3 Å². The number of hydrogen-bond donors (Lipinski definition) is 0. The van der Waals surface area contributed by atoms with E-state index in [0.717, 1.165) is 16.3 Å². The molecule has 0 unspecified atom stereocenters. The molecule has 27 heavy (non-hydrogen) atoms. The van der Waals surface area contributed by atoms with Crippen molar-refractivity contribution in [1.82, 2.24) is 9.88 Å². The Morgan fingerprint density at radius 3 is 2.78 bits per heavy atom. The van der Waals surface area contributed by atoms with Crippen molar-refractivity contribution in [2.24, 2.45) is 0 Å². The molecule has 0 saturated carbocycles. The third-order valence-electron chi connectivity index (χ3n) is 4.33. The van der Waals surface area contributed by atoms with Gasteiger partial charge in [0.15, 0.2) is 0 Å². The van der Waals surface area contributed by atoms with Crippen LogP contribution in [-0.4, -0.2) is 42.7 Å². The maximum absolute atomic E-state index is 13.0. The Hall–Kier alpha value is -2.92. The second-order valence-electron chi connectivity index (χ2n) is 6.22. The molecule has 140 valence electrons. The van der Waals surface area contributed by atoms with Crippen LogP contribution in [0.4, 0.5) is 0 Å². The summed E-state index contributed by atoms with van der Waals surface area (Å²) in [6, 6.07) is 15.4. The fourth-order valence-electron chi connectivity index (χ4n) is 2.98. The van der Waals surface area contributed by atoms with Crippen molar-refractivity contribution in [3.63, 3.8) is 0 Å². The quantitative estimate of drug-likeness (QED) is 0.569.